The number of carbonyl (C=O) groups excluding carboxylic acids is 2. The van der Waals surface area contributed by atoms with E-state index in [0.717, 1.165) is 31.9 Å². The number of Topliss-reactive ketones (excluding diaryl/α,β-unsaturated/α-hetero) is 1. The van der Waals surface area contributed by atoms with Gasteiger partial charge in [-0.3, -0.25) is 14.5 Å². The van der Waals surface area contributed by atoms with Gasteiger partial charge in [-0.1, -0.05) is 0 Å². The third-order valence-corrected chi connectivity index (χ3v) is 3.54. The van der Waals surface area contributed by atoms with Gasteiger partial charge in [0.25, 0.3) is 0 Å². The van der Waals surface area contributed by atoms with Crippen LogP contribution in [0.2, 0.25) is 0 Å². The maximum absolute atomic E-state index is 11.9. The Labute approximate surface area is 119 Å². The lowest BCUT2D eigenvalue weighted by Gasteiger charge is -2.31. The first-order chi connectivity index (χ1) is 9.54. The van der Waals surface area contributed by atoms with E-state index in [-0.39, 0.29) is 11.7 Å². The molecule has 1 aromatic rings. The van der Waals surface area contributed by atoms with E-state index in [9.17, 15) is 9.59 Å². The molecule has 0 atom stereocenters. The first-order valence-electron chi connectivity index (χ1n) is 6.86. The fraction of sp³-hybridized carbons (Fsp3) is 0.467. The van der Waals surface area contributed by atoms with Gasteiger partial charge < -0.3 is 10.2 Å². The summed E-state index contributed by atoms with van der Waals surface area (Å²) in [5.74, 6) is 0.0189. The average molecular weight is 275 g/mol. The molecule has 20 heavy (non-hydrogen) atoms. The molecule has 0 spiro atoms. The lowest BCUT2D eigenvalue weighted by atomic mass is 10.1. The number of benzene rings is 1. The Bertz CT molecular complexity index is 476. The minimum atomic E-state index is -0.00914. The molecular formula is C15H21N3O2. The summed E-state index contributed by atoms with van der Waals surface area (Å²) in [7, 11) is 2.09. The molecule has 1 heterocycles. The van der Waals surface area contributed by atoms with E-state index >= 15 is 0 Å². The number of amides is 1. The van der Waals surface area contributed by atoms with Crippen LogP contribution >= 0.6 is 0 Å². The van der Waals surface area contributed by atoms with Gasteiger partial charge in [0.15, 0.2) is 5.78 Å². The second kappa shape index (κ2) is 6.63. The number of likely N-dealkylation sites (N-methyl/N-ethyl adjacent to an activating group) is 1. The van der Waals surface area contributed by atoms with Crippen molar-refractivity contribution in [1.82, 2.24) is 9.80 Å². The summed E-state index contributed by atoms with van der Waals surface area (Å²) in [5, 5.41) is 2.86. The van der Waals surface area contributed by atoms with Gasteiger partial charge in [-0.05, 0) is 38.2 Å². The molecule has 1 fully saturated rings. The number of anilines is 1. The van der Waals surface area contributed by atoms with Gasteiger partial charge in [0.1, 0.15) is 0 Å². The number of nitrogens with zero attached hydrogens (tertiary/aromatic N) is 2. The zero-order valence-electron chi connectivity index (χ0n) is 12.1. The van der Waals surface area contributed by atoms with Crippen LogP contribution in [0, 0.1) is 0 Å². The van der Waals surface area contributed by atoms with Gasteiger partial charge in [0, 0.05) is 37.4 Å². The van der Waals surface area contributed by atoms with E-state index in [1.807, 2.05) is 0 Å². The Hall–Kier alpha value is -1.72. The largest absolute Gasteiger partial charge is 0.325 e. The standard InChI is InChI=1S/C15H21N3O2/c1-12(19)13-3-5-14(6-4-13)16-15(20)11-18-9-7-17(2)8-10-18/h3-6H,7-11H2,1-2H3,(H,16,20). The molecule has 1 saturated heterocycles. The molecule has 0 saturated carbocycles. The minimum absolute atomic E-state index is 0.00914. The predicted octanol–water partition coefficient (Wildman–Crippen LogP) is 1.08. The molecule has 2 rings (SSSR count). The van der Waals surface area contributed by atoms with Crippen molar-refractivity contribution in [3.63, 3.8) is 0 Å². The van der Waals surface area contributed by atoms with E-state index in [4.69, 9.17) is 0 Å². The highest BCUT2D eigenvalue weighted by molar-refractivity contribution is 5.96. The van der Waals surface area contributed by atoms with Crippen LogP contribution in [0.5, 0.6) is 0 Å². The Morgan fingerprint density at radius 3 is 2.25 bits per heavy atom. The fourth-order valence-corrected chi connectivity index (χ4v) is 2.20. The number of hydrogen-bond donors (Lipinski definition) is 1. The maximum atomic E-state index is 11.9. The van der Waals surface area contributed by atoms with Gasteiger partial charge in [0.05, 0.1) is 6.54 Å². The molecule has 1 amide bonds. The summed E-state index contributed by atoms with van der Waals surface area (Å²) in [4.78, 5) is 27.5. The minimum Gasteiger partial charge on any atom is -0.325 e. The quantitative estimate of drug-likeness (QED) is 0.835. The van der Waals surface area contributed by atoms with Crippen LogP contribution in [0.25, 0.3) is 0 Å². The lowest BCUT2D eigenvalue weighted by Crippen LogP contribution is -2.47. The highest BCUT2D eigenvalue weighted by Crippen LogP contribution is 2.10. The molecule has 1 aliphatic heterocycles. The normalized spacial score (nSPS) is 16.9. The van der Waals surface area contributed by atoms with E-state index in [1.165, 1.54) is 6.92 Å². The Morgan fingerprint density at radius 2 is 1.70 bits per heavy atom. The molecular weight excluding hydrogens is 254 g/mol. The van der Waals surface area contributed by atoms with Crippen molar-refractivity contribution in [2.24, 2.45) is 0 Å². The molecule has 0 bridgehead atoms. The number of ketones is 1. The van der Waals surface area contributed by atoms with Crippen LogP contribution in [0.3, 0.4) is 0 Å². The Kier molecular flexibility index (Phi) is 4.87. The van der Waals surface area contributed by atoms with Crippen molar-refractivity contribution >= 4 is 17.4 Å². The van der Waals surface area contributed by atoms with Gasteiger partial charge >= 0.3 is 0 Å². The number of hydrogen-bond acceptors (Lipinski definition) is 4. The van der Waals surface area contributed by atoms with Gasteiger partial charge in [0.2, 0.25) is 5.91 Å². The monoisotopic (exact) mass is 275 g/mol. The van der Waals surface area contributed by atoms with Crippen molar-refractivity contribution in [2.45, 2.75) is 6.92 Å². The molecule has 1 aliphatic rings. The summed E-state index contributed by atoms with van der Waals surface area (Å²) in [6, 6.07) is 6.98. The molecule has 0 aliphatic carbocycles. The van der Waals surface area contributed by atoms with Gasteiger partial charge in [-0.2, -0.15) is 0 Å². The molecule has 1 aromatic carbocycles. The van der Waals surface area contributed by atoms with E-state index in [1.54, 1.807) is 24.3 Å². The van der Waals surface area contributed by atoms with E-state index in [2.05, 4.69) is 22.2 Å². The van der Waals surface area contributed by atoms with Crippen molar-refractivity contribution in [3.8, 4) is 0 Å². The topological polar surface area (TPSA) is 52.7 Å². The summed E-state index contributed by atoms with van der Waals surface area (Å²) >= 11 is 0. The van der Waals surface area contributed by atoms with Crippen LogP contribution < -0.4 is 5.32 Å². The third kappa shape index (κ3) is 4.15. The summed E-state index contributed by atoms with van der Waals surface area (Å²) in [6.07, 6.45) is 0. The predicted molar refractivity (Wildman–Crippen MR) is 79.0 cm³/mol. The molecule has 0 radical (unpaired) electrons. The zero-order chi connectivity index (χ0) is 14.5. The van der Waals surface area contributed by atoms with Crippen LogP contribution in [-0.4, -0.2) is 61.3 Å². The molecule has 5 heteroatoms. The first kappa shape index (κ1) is 14.7. The van der Waals surface area contributed by atoms with Crippen LogP contribution in [-0.2, 0) is 4.79 Å². The number of carbonyl (C=O) groups is 2. The second-order valence-electron chi connectivity index (χ2n) is 5.26. The highest BCUT2D eigenvalue weighted by atomic mass is 16.2. The number of rotatable bonds is 4. The van der Waals surface area contributed by atoms with E-state index in [0.29, 0.717) is 12.1 Å². The second-order valence-corrected chi connectivity index (χ2v) is 5.26. The smallest absolute Gasteiger partial charge is 0.238 e. The maximum Gasteiger partial charge on any atom is 0.238 e. The average Bonchev–Trinajstić information content (AvgIpc) is 2.42. The molecule has 5 nitrogen and oxygen atoms in total. The fourth-order valence-electron chi connectivity index (χ4n) is 2.20. The molecule has 0 aromatic heterocycles. The van der Waals surface area contributed by atoms with Crippen molar-refractivity contribution in [3.05, 3.63) is 29.8 Å². The summed E-state index contributed by atoms with van der Waals surface area (Å²) < 4.78 is 0. The molecule has 108 valence electrons. The van der Waals surface area contributed by atoms with Crippen molar-refractivity contribution in [1.29, 1.82) is 0 Å². The van der Waals surface area contributed by atoms with Gasteiger partial charge in [-0.25, -0.2) is 0 Å². The molecule has 1 N–H and O–H groups in total. The van der Waals surface area contributed by atoms with Crippen molar-refractivity contribution < 1.29 is 9.59 Å². The Morgan fingerprint density at radius 1 is 1.10 bits per heavy atom. The number of nitrogens with one attached hydrogen (secondary N) is 1. The summed E-state index contributed by atoms with van der Waals surface area (Å²) in [6.45, 7) is 5.80. The summed E-state index contributed by atoms with van der Waals surface area (Å²) in [5.41, 5.74) is 1.39. The molecule has 0 unspecified atom stereocenters. The first-order valence-corrected chi connectivity index (χ1v) is 6.86. The van der Waals surface area contributed by atoms with E-state index < -0.39 is 0 Å². The van der Waals surface area contributed by atoms with Crippen molar-refractivity contribution in [2.75, 3.05) is 45.1 Å². The third-order valence-electron chi connectivity index (χ3n) is 3.54. The lowest BCUT2D eigenvalue weighted by molar-refractivity contribution is -0.117. The van der Waals surface area contributed by atoms with Crippen LogP contribution in [0.1, 0.15) is 17.3 Å². The van der Waals surface area contributed by atoms with Gasteiger partial charge in [-0.15, -0.1) is 0 Å². The van der Waals surface area contributed by atoms with Crippen LogP contribution in [0.15, 0.2) is 24.3 Å². The SMILES string of the molecule is CC(=O)c1ccc(NC(=O)CN2CCN(C)CC2)cc1. The zero-order valence-corrected chi connectivity index (χ0v) is 12.1. The van der Waals surface area contributed by atoms with Crippen LogP contribution in [0.4, 0.5) is 5.69 Å². The number of piperazine rings is 1. The highest BCUT2D eigenvalue weighted by Gasteiger charge is 2.16. The Balaban J connectivity index is 1.83.